The van der Waals surface area contributed by atoms with Crippen LogP contribution in [0.3, 0.4) is 0 Å². The number of Topliss-reactive ketones (excluding diaryl/α,β-unsaturated/α-hetero) is 1. The van der Waals surface area contributed by atoms with E-state index in [-0.39, 0.29) is 24.2 Å². The Morgan fingerprint density at radius 1 is 0.933 bits per heavy atom. The van der Waals surface area contributed by atoms with Crippen LogP contribution in [0.15, 0.2) is 71.8 Å². The van der Waals surface area contributed by atoms with Gasteiger partial charge in [0.15, 0.2) is 17.5 Å². The van der Waals surface area contributed by atoms with E-state index in [2.05, 4.69) is 5.32 Å². The van der Waals surface area contributed by atoms with Crippen molar-refractivity contribution in [3.63, 3.8) is 0 Å². The van der Waals surface area contributed by atoms with Gasteiger partial charge in [0.05, 0.1) is 35.6 Å². The van der Waals surface area contributed by atoms with Crippen molar-refractivity contribution < 1.29 is 67.3 Å². The van der Waals surface area contributed by atoms with Gasteiger partial charge < -0.3 is 48.7 Å². The van der Waals surface area contributed by atoms with Gasteiger partial charge in [-0.2, -0.15) is 0 Å². The number of ketones is 1. The lowest BCUT2D eigenvalue weighted by molar-refractivity contribution is -0.347. The predicted octanol–water partition coefficient (Wildman–Crippen LogP) is 4.57. The molecule has 60 heavy (non-hydrogen) atoms. The quantitative estimate of drug-likeness (QED) is 0.171. The molecule has 1 unspecified atom stereocenters. The number of aliphatic hydroxyl groups excluding tert-OH is 1. The molecule has 1 heterocycles. The second-order valence-electron chi connectivity index (χ2n) is 18.0. The van der Waals surface area contributed by atoms with Gasteiger partial charge in [0.1, 0.15) is 35.6 Å². The number of alkyl carbamates (subject to hydrolysis) is 1. The second kappa shape index (κ2) is 16.3. The Balaban J connectivity index is 1.52. The van der Waals surface area contributed by atoms with Gasteiger partial charge in [-0.3, -0.25) is 9.59 Å². The van der Waals surface area contributed by atoms with Crippen molar-refractivity contribution >= 4 is 29.8 Å². The fraction of sp³-hybridized carbons (Fsp3) is 0.578. The van der Waals surface area contributed by atoms with Gasteiger partial charge in [0.2, 0.25) is 0 Å². The second-order valence-corrected chi connectivity index (χ2v) is 18.0. The molecule has 15 nitrogen and oxygen atoms in total. The molecule has 3 N–H and O–H groups in total. The van der Waals surface area contributed by atoms with Crippen LogP contribution in [0.2, 0.25) is 0 Å². The molecule has 0 spiro atoms. The van der Waals surface area contributed by atoms with Crippen molar-refractivity contribution in [3.8, 4) is 0 Å². The topological polar surface area (TPSA) is 202 Å². The molecule has 15 heteroatoms. The van der Waals surface area contributed by atoms with Crippen LogP contribution in [-0.2, 0) is 47.5 Å². The van der Waals surface area contributed by atoms with Crippen molar-refractivity contribution in [3.05, 3.63) is 82.9 Å². The summed E-state index contributed by atoms with van der Waals surface area (Å²) in [7, 11) is 2.78. The Labute approximate surface area is 350 Å². The highest BCUT2D eigenvalue weighted by Crippen LogP contribution is 2.64. The number of aliphatic hydroxyl groups is 2. The van der Waals surface area contributed by atoms with Gasteiger partial charge in [-0.05, 0) is 63.5 Å². The molecule has 2 saturated carbocycles. The Hall–Kier alpha value is -4.67. The summed E-state index contributed by atoms with van der Waals surface area (Å²) in [6, 6.07) is 15.1. The lowest BCUT2D eigenvalue weighted by Crippen LogP contribution is -2.82. The molecule has 0 radical (unpaired) electrons. The van der Waals surface area contributed by atoms with E-state index in [9.17, 15) is 29.4 Å². The van der Waals surface area contributed by atoms with Crippen LogP contribution in [0.4, 0.5) is 4.79 Å². The molecule has 4 aliphatic rings. The molecule has 0 aromatic heterocycles. The van der Waals surface area contributed by atoms with Crippen molar-refractivity contribution in [2.24, 2.45) is 16.7 Å². The van der Waals surface area contributed by atoms with Crippen LogP contribution in [0.5, 0.6) is 0 Å². The number of ether oxygens (including phenoxy) is 7. The summed E-state index contributed by atoms with van der Waals surface area (Å²) in [5.41, 5.74) is -6.72. The lowest BCUT2D eigenvalue weighted by atomic mass is 9.44. The van der Waals surface area contributed by atoms with Crippen LogP contribution in [-0.4, -0.2) is 114 Å². The summed E-state index contributed by atoms with van der Waals surface area (Å²) in [4.78, 5) is 70.1. The highest BCUT2D eigenvalue weighted by Gasteiger charge is 2.78. The van der Waals surface area contributed by atoms with Gasteiger partial charge in [-0.15, -0.1) is 0 Å². The third-order valence-electron chi connectivity index (χ3n) is 13.0. The highest BCUT2D eigenvalue weighted by molar-refractivity contribution is 5.94. The molecular weight excluding hydrogens is 778 g/mol. The van der Waals surface area contributed by atoms with Gasteiger partial charge in [-0.1, -0.05) is 62.4 Å². The Bertz CT molecular complexity index is 2010. The number of fused-ring (bicyclic) bond motifs is 5. The number of esters is 3. The van der Waals surface area contributed by atoms with Crippen molar-refractivity contribution in [2.45, 2.75) is 128 Å². The third-order valence-corrected chi connectivity index (χ3v) is 13.0. The molecule has 2 aromatic rings. The maximum absolute atomic E-state index is 15.5. The van der Waals surface area contributed by atoms with Crippen LogP contribution in [0.1, 0.15) is 90.2 Å². The number of methoxy groups -OCH3 is 2. The highest BCUT2D eigenvalue weighted by atomic mass is 16.6. The fourth-order valence-corrected chi connectivity index (χ4v) is 10.1. The summed E-state index contributed by atoms with van der Waals surface area (Å²) < 4.78 is 42.4. The molecule has 1 saturated heterocycles. The Morgan fingerprint density at radius 2 is 1.55 bits per heavy atom. The van der Waals surface area contributed by atoms with Gasteiger partial charge in [0, 0.05) is 39.4 Å². The first kappa shape index (κ1) is 44.9. The summed E-state index contributed by atoms with van der Waals surface area (Å²) in [6.45, 7) is 12.7. The number of hydrogen-bond donors (Lipinski definition) is 3. The zero-order chi connectivity index (χ0) is 44.2. The van der Waals surface area contributed by atoms with E-state index >= 15 is 4.79 Å². The van der Waals surface area contributed by atoms with Crippen LogP contribution in [0, 0.1) is 16.7 Å². The summed E-state index contributed by atoms with van der Waals surface area (Å²) in [6.07, 6.45) is -9.31. The first-order chi connectivity index (χ1) is 28.1. The minimum absolute atomic E-state index is 0.121. The van der Waals surface area contributed by atoms with Crippen LogP contribution in [0.25, 0.3) is 0 Å². The SMILES string of the molecule is CO[C@H]1C(=O)[C@]2(C)[C@@H](OC)C[C@H]3OC[C@]3(OC(C)=O)[C@H]2[C@H](OC(=O)c2ccccc2)[C@]2(O)CC(OC(=O)[C@H](O)[C@@H](NC(=O)OC(C)(C)C)c3ccccc3)C(C)=C1C2(C)C. The normalized spacial score (nSPS) is 33.0. The van der Waals surface area contributed by atoms with Crippen molar-refractivity contribution in [1.29, 1.82) is 0 Å². The first-order valence-electron chi connectivity index (χ1n) is 20.1. The van der Waals surface area contributed by atoms with E-state index in [1.165, 1.54) is 21.1 Å². The number of hydrogen-bond acceptors (Lipinski definition) is 14. The van der Waals surface area contributed by atoms with E-state index in [4.69, 9.17) is 33.2 Å². The van der Waals surface area contributed by atoms with E-state index < -0.39 is 112 Å². The molecule has 326 valence electrons. The maximum Gasteiger partial charge on any atom is 0.408 e. The number of amides is 1. The van der Waals surface area contributed by atoms with Gasteiger partial charge in [-0.25, -0.2) is 14.4 Å². The number of nitrogens with one attached hydrogen (secondary N) is 1. The van der Waals surface area contributed by atoms with E-state index in [1.54, 1.807) is 109 Å². The standard InChI is InChI=1S/C45H57NO14/c1-24-28(57-39(51)33(48)32(26-17-13-11-14-18-26)46-40(52)60-41(3,4)5)22-45(53)37(58-38(50)27-19-15-12-16-20-27)35-43(8,36(49)34(55-10)31(24)42(45,6)7)29(54-9)21-30-44(35,23-56-30)59-25(2)47/h11-20,28-30,32-35,37,48,53H,21-23H2,1-10H3,(H,46,52)/t28?,29-,30+,32-,33+,34+,35-,37-,43+,44+,45+/m0/s1. The summed E-state index contributed by atoms with van der Waals surface area (Å²) >= 11 is 0. The van der Waals surface area contributed by atoms with Gasteiger partial charge >= 0.3 is 24.0 Å². The van der Waals surface area contributed by atoms with Crippen molar-refractivity contribution in [1.82, 2.24) is 5.32 Å². The van der Waals surface area contributed by atoms with E-state index in [0.29, 0.717) is 11.1 Å². The molecule has 1 amide bonds. The van der Waals surface area contributed by atoms with Crippen molar-refractivity contribution in [2.75, 3.05) is 20.8 Å². The van der Waals surface area contributed by atoms with Crippen LogP contribution >= 0.6 is 0 Å². The maximum atomic E-state index is 15.5. The number of carbonyl (C=O) groups excluding carboxylic acids is 5. The molecular formula is C45H57NO14. The fourth-order valence-electron chi connectivity index (χ4n) is 10.1. The van der Waals surface area contributed by atoms with Gasteiger partial charge in [0.25, 0.3) is 0 Å². The minimum atomic E-state index is -2.22. The smallest absolute Gasteiger partial charge is 0.408 e. The van der Waals surface area contributed by atoms with Crippen LogP contribution < -0.4 is 5.32 Å². The average Bonchev–Trinajstić information content (AvgIpc) is 3.18. The number of rotatable bonds is 10. The molecule has 3 aliphatic carbocycles. The largest absolute Gasteiger partial charge is 0.456 e. The van der Waals surface area contributed by atoms with E-state index in [0.717, 1.165) is 0 Å². The predicted molar refractivity (Wildman–Crippen MR) is 213 cm³/mol. The minimum Gasteiger partial charge on any atom is -0.456 e. The number of benzene rings is 2. The molecule has 6 rings (SSSR count). The lowest BCUT2D eigenvalue weighted by Gasteiger charge is -2.67. The van der Waals surface area contributed by atoms with E-state index in [1.807, 2.05) is 0 Å². The molecule has 2 bridgehead atoms. The number of carbonyl (C=O) groups is 5. The molecule has 11 atom stereocenters. The zero-order valence-electron chi connectivity index (χ0n) is 35.8. The molecule has 1 aliphatic heterocycles. The Kier molecular flexibility index (Phi) is 12.2. The first-order valence-corrected chi connectivity index (χ1v) is 20.1. The summed E-state index contributed by atoms with van der Waals surface area (Å²) in [5, 5.41) is 28.0. The monoisotopic (exact) mass is 835 g/mol. The molecule has 3 fully saturated rings. The average molecular weight is 836 g/mol. The molecule has 2 aromatic carbocycles. The Morgan fingerprint density at radius 3 is 2.08 bits per heavy atom. The summed E-state index contributed by atoms with van der Waals surface area (Å²) in [5.74, 6) is -4.52. The zero-order valence-corrected chi connectivity index (χ0v) is 35.8. The third kappa shape index (κ3) is 7.52.